The minimum Gasteiger partial charge on any atom is -0.448 e. The van der Waals surface area contributed by atoms with E-state index in [1.807, 2.05) is 0 Å². The summed E-state index contributed by atoms with van der Waals surface area (Å²) in [6.07, 6.45) is -1.02. The van der Waals surface area contributed by atoms with Crippen LogP contribution in [0, 0.1) is 10.1 Å². The van der Waals surface area contributed by atoms with Crippen molar-refractivity contribution in [2.75, 3.05) is 5.32 Å². The summed E-state index contributed by atoms with van der Waals surface area (Å²) in [6.45, 7) is 1.46. The van der Waals surface area contributed by atoms with E-state index < -0.39 is 22.9 Å². The molecule has 0 fully saturated rings. The third-order valence-electron chi connectivity index (χ3n) is 3.51. The van der Waals surface area contributed by atoms with Gasteiger partial charge in [-0.15, -0.1) is 22.7 Å². The van der Waals surface area contributed by atoms with Crippen molar-refractivity contribution in [3.05, 3.63) is 60.6 Å². The number of nitrogens with one attached hydrogen (secondary N) is 1. The lowest BCUT2D eigenvalue weighted by Gasteiger charge is -2.11. The molecule has 11 heteroatoms. The number of thiazole rings is 1. The summed E-state index contributed by atoms with van der Waals surface area (Å²) in [7, 11) is 0. The molecule has 0 saturated heterocycles. The Balaban J connectivity index is 1.64. The number of rotatable bonds is 6. The Morgan fingerprint density at radius 2 is 2.11 bits per heavy atom. The van der Waals surface area contributed by atoms with Crippen molar-refractivity contribution in [2.45, 2.75) is 13.0 Å². The molecule has 0 aliphatic heterocycles. The fraction of sp³-hybridized carbons (Fsp3) is 0.118. The molecular weight excluding hydrogens is 470 g/mol. The molecule has 8 nitrogen and oxygen atoms in total. The molecule has 0 bridgehead atoms. The predicted molar refractivity (Wildman–Crippen MR) is 110 cm³/mol. The number of hydrogen-bond acceptors (Lipinski definition) is 8. The Morgan fingerprint density at radius 3 is 2.79 bits per heavy atom. The van der Waals surface area contributed by atoms with Gasteiger partial charge in [0, 0.05) is 23.1 Å². The molecule has 1 N–H and O–H groups in total. The molecular formula is C17H12BrN3O5S2. The van der Waals surface area contributed by atoms with Gasteiger partial charge in [-0.3, -0.25) is 20.2 Å². The SMILES string of the molecule is C[C@H](OC(=O)c1ccc(Br)s1)C(=O)Nc1nc(-c2cccc([N+](=O)[O-])c2)cs1. The van der Waals surface area contributed by atoms with E-state index in [4.69, 9.17) is 4.74 Å². The number of hydrogen-bond donors (Lipinski definition) is 1. The van der Waals surface area contributed by atoms with E-state index in [1.165, 1.54) is 41.7 Å². The molecule has 2 heterocycles. The van der Waals surface area contributed by atoms with Crippen molar-refractivity contribution in [1.82, 2.24) is 4.98 Å². The molecule has 0 aliphatic rings. The summed E-state index contributed by atoms with van der Waals surface area (Å²) in [6, 6.07) is 9.38. The average molecular weight is 482 g/mol. The standard InChI is InChI=1S/C17H12BrN3O5S2/c1-9(26-16(23)13-5-6-14(18)28-13)15(22)20-17-19-12(8-27-17)10-3-2-4-11(7-10)21(24)25/h2-9H,1H3,(H,19,20,22)/t9-/m0/s1. The Kier molecular flexibility index (Phi) is 6.17. The maximum Gasteiger partial charge on any atom is 0.349 e. The normalized spacial score (nSPS) is 11.6. The predicted octanol–water partition coefficient (Wildman–Crippen LogP) is 4.73. The number of nitrogens with zero attached hydrogens (tertiary/aromatic N) is 2. The molecule has 0 radical (unpaired) electrons. The van der Waals surface area contributed by atoms with Crippen molar-refractivity contribution in [1.29, 1.82) is 0 Å². The second-order valence-electron chi connectivity index (χ2n) is 5.49. The molecule has 0 aliphatic carbocycles. The van der Waals surface area contributed by atoms with E-state index in [0.717, 1.165) is 3.79 Å². The number of benzene rings is 1. The van der Waals surface area contributed by atoms with Gasteiger partial charge in [-0.2, -0.15) is 0 Å². The molecule has 0 spiro atoms. The highest BCUT2D eigenvalue weighted by Gasteiger charge is 2.21. The zero-order valence-electron chi connectivity index (χ0n) is 14.2. The summed E-state index contributed by atoms with van der Waals surface area (Å²) >= 11 is 5.64. The fourth-order valence-corrected chi connectivity index (χ4v) is 4.14. The number of ether oxygens (including phenoxy) is 1. The van der Waals surface area contributed by atoms with Crippen molar-refractivity contribution < 1.29 is 19.2 Å². The Bertz CT molecular complexity index is 1050. The van der Waals surface area contributed by atoms with Gasteiger partial charge in [0.25, 0.3) is 11.6 Å². The van der Waals surface area contributed by atoms with Crippen LogP contribution in [0.5, 0.6) is 0 Å². The highest BCUT2D eigenvalue weighted by molar-refractivity contribution is 9.11. The molecule has 144 valence electrons. The second-order valence-corrected chi connectivity index (χ2v) is 8.81. The van der Waals surface area contributed by atoms with Crippen LogP contribution in [0.4, 0.5) is 10.8 Å². The number of non-ortho nitro benzene ring substituents is 1. The zero-order chi connectivity index (χ0) is 20.3. The largest absolute Gasteiger partial charge is 0.448 e. The van der Waals surface area contributed by atoms with E-state index in [1.54, 1.807) is 29.6 Å². The summed E-state index contributed by atoms with van der Waals surface area (Å²) in [5.74, 6) is -1.11. The molecule has 2 aromatic heterocycles. The molecule has 1 amide bonds. The lowest BCUT2D eigenvalue weighted by atomic mass is 10.1. The van der Waals surface area contributed by atoms with Crippen molar-refractivity contribution in [3.8, 4) is 11.3 Å². The minimum absolute atomic E-state index is 0.0446. The van der Waals surface area contributed by atoms with Gasteiger partial charge in [-0.1, -0.05) is 12.1 Å². The van der Waals surface area contributed by atoms with Gasteiger partial charge in [0.15, 0.2) is 11.2 Å². The van der Waals surface area contributed by atoms with Crippen LogP contribution in [0.25, 0.3) is 11.3 Å². The van der Waals surface area contributed by atoms with Crippen LogP contribution in [-0.2, 0) is 9.53 Å². The average Bonchev–Trinajstić information content (AvgIpc) is 3.31. The number of anilines is 1. The number of esters is 1. The number of nitro groups is 1. The number of carbonyl (C=O) groups is 2. The van der Waals surface area contributed by atoms with Gasteiger partial charge in [0.05, 0.1) is 14.4 Å². The highest BCUT2D eigenvalue weighted by Crippen LogP contribution is 2.28. The topological polar surface area (TPSA) is 111 Å². The number of aromatic nitrogens is 1. The van der Waals surface area contributed by atoms with Gasteiger partial charge >= 0.3 is 5.97 Å². The number of nitro benzene ring substituents is 1. The third-order valence-corrected chi connectivity index (χ3v) is 5.88. The van der Waals surface area contributed by atoms with Gasteiger partial charge in [-0.05, 0) is 35.0 Å². The lowest BCUT2D eigenvalue weighted by Crippen LogP contribution is -2.29. The summed E-state index contributed by atoms with van der Waals surface area (Å²) < 4.78 is 5.94. The lowest BCUT2D eigenvalue weighted by molar-refractivity contribution is -0.384. The van der Waals surface area contributed by atoms with Gasteiger partial charge in [0.2, 0.25) is 0 Å². The molecule has 1 aromatic carbocycles. The molecule has 28 heavy (non-hydrogen) atoms. The second kappa shape index (κ2) is 8.59. The monoisotopic (exact) mass is 481 g/mol. The van der Waals surface area contributed by atoms with E-state index in [0.29, 0.717) is 21.3 Å². The van der Waals surface area contributed by atoms with Crippen LogP contribution < -0.4 is 5.32 Å². The van der Waals surface area contributed by atoms with E-state index in [9.17, 15) is 19.7 Å². The van der Waals surface area contributed by atoms with Crippen LogP contribution in [0.15, 0.2) is 45.6 Å². The fourth-order valence-electron chi connectivity index (χ4n) is 2.15. The molecule has 0 saturated carbocycles. The first kappa shape index (κ1) is 20.1. The van der Waals surface area contributed by atoms with Crippen molar-refractivity contribution >= 4 is 61.3 Å². The van der Waals surface area contributed by atoms with Crippen LogP contribution >= 0.6 is 38.6 Å². The summed E-state index contributed by atoms with van der Waals surface area (Å²) in [5.41, 5.74) is 1.02. The Morgan fingerprint density at radius 1 is 1.32 bits per heavy atom. The molecule has 0 unspecified atom stereocenters. The van der Waals surface area contributed by atoms with E-state index in [-0.39, 0.29) is 5.69 Å². The maximum absolute atomic E-state index is 12.3. The Hall–Kier alpha value is -2.63. The minimum atomic E-state index is -1.02. The van der Waals surface area contributed by atoms with Gasteiger partial charge < -0.3 is 4.74 Å². The number of thiophene rings is 1. The number of carbonyl (C=O) groups excluding carboxylic acids is 2. The van der Waals surface area contributed by atoms with E-state index >= 15 is 0 Å². The zero-order valence-corrected chi connectivity index (χ0v) is 17.5. The third kappa shape index (κ3) is 4.80. The number of amides is 1. The molecule has 1 atom stereocenters. The first-order chi connectivity index (χ1) is 13.3. The van der Waals surface area contributed by atoms with Crippen molar-refractivity contribution in [3.63, 3.8) is 0 Å². The van der Waals surface area contributed by atoms with Crippen molar-refractivity contribution in [2.24, 2.45) is 0 Å². The van der Waals surface area contributed by atoms with Gasteiger partial charge in [0.1, 0.15) is 4.88 Å². The quantitative estimate of drug-likeness (QED) is 0.309. The first-order valence-corrected chi connectivity index (χ1v) is 10.3. The molecule has 3 aromatic rings. The number of halogens is 1. The van der Waals surface area contributed by atoms with Crippen LogP contribution in [0.1, 0.15) is 16.6 Å². The van der Waals surface area contributed by atoms with Crippen LogP contribution in [0.3, 0.4) is 0 Å². The Labute approximate surface area is 175 Å². The summed E-state index contributed by atoms with van der Waals surface area (Å²) in [4.78, 5) is 39.3. The van der Waals surface area contributed by atoms with Gasteiger partial charge in [-0.25, -0.2) is 9.78 Å². The maximum atomic E-state index is 12.3. The first-order valence-electron chi connectivity index (χ1n) is 7.81. The summed E-state index contributed by atoms with van der Waals surface area (Å²) in [5, 5.41) is 15.4. The van der Waals surface area contributed by atoms with Crippen LogP contribution in [0.2, 0.25) is 0 Å². The smallest absolute Gasteiger partial charge is 0.349 e. The van der Waals surface area contributed by atoms with E-state index in [2.05, 4.69) is 26.2 Å². The van der Waals surface area contributed by atoms with Crippen LogP contribution in [-0.4, -0.2) is 27.9 Å². The molecule has 3 rings (SSSR count). The highest BCUT2D eigenvalue weighted by atomic mass is 79.9.